The molecular formula is C27H22ClN7Na3O10S3. The summed E-state index contributed by atoms with van der Waals surface area (Å²) in [7, 11) is -14.4. The van der Waals surface area contributed by atoms with Crippen molar-refractivity contribution < 1.29 is 44.0 Å². The number of hydrogen-bond donors (Lipinski definition) is 5. The molecule has 0 bridgehead atoms. The minimum atomic E-state index is -5.06. The Kier molecular flexibility index (Phi) is 16.0. The van der Waals surface area contributed by atoms with Gasteiger partial charge in [0.15, 0.2) is 11.6 Å². The van der Waals surface area contributed by atoms with Crippen LogP contribution in [0, 0.1) is 6.92 Å². The maximum Gasteiger partial charge on any atom is 0.296 e. The number of rotatable bonds is 10. The second-order valence-electron chi connectivity index (χ2n) is 9.96. The van der Waals surface area contributed by atoms with Crippen LogP contribution in [0.15, 0.2) is 92.8 Å². The van der Waals surface area contributed by atoms with E-state index in [1.54, 1.807) is 37.3 Å². The van der Waals surface area contributed by atoms with Gasteiger partial charge in [-0.05, 0) is 78.0 Å². The first-order chi connectivity index (χ1) is 22.4. The number of aromatic hydroxyl groups is 1. The monoisotopic (exact) mass is 804 g/mol. The van der Waals surface area contributed by atoms with Crippen LogP contribution in [0.4, 0.5) is 34.6 Å². The van der Waals surface area contributed by atoms with E-state index < -0.39 is 57.5 Å². The van der Waals surface area contributed by atoms with Crippen molar-refractivity contribution in [3.63, 3.8) is 0 Å². The smallest absolute Gasteiger partial charge is 0.296 e. The zero-order valence-corrected chi connectivity index (χ0v) is 36.4. The molecule has 0 aliphatic rings. The first-order valence-corrected chi connectivity index (χ1v) is 18.0. The summed E-state index contributed by atoms with van der Waals surface area (Å²) in [5.74, 6) is -2.12. The summed E-state index contributed by atoms with van der Waals surface area (Å²) in [4.78, 5) is 11.7. The molecule has 0 fully saturated rings. The van der Waals surface area contributed by atoms with Crippen molar-refractivity contribution in [1.29, 1.82) is 0 Å². The third-order valence-corrected chi connectivity index (χ3v) is 8.94. The Morgan fingerprint density at radius 2 is 1.43 bits per heavy atom. The third-order valence-electron chi connectivity index (χ3n) is 6.43. The molecule has 17 nitrogen and oxygen atoms in total. The van der Waals surface area contributed by atoms with E-state index in [4.69, 9.17) is 11.6 Å². The molecule has 24 heteroatoms. The average Bonchev–Trinajstić information content (AvgIpc) is 2.98. The van der Waals surface area contributed by atoms with Gasteiger partial charge in [0.1, 0.15) is 21.2 Å². The number of anilines is 4. The molecule has 0 amide bonds. The number of phenolic OH excluding ortho intramolecular Hbond substituents is 1. The maximum absolute atomic E-state index is 12.3. The zero-order chi connectivity index (χ0) is 35.0. The largest absolute Gasteiger partial charge is 0.505 e. The number of aryl methyl sites for hydroxylation is 1. The van der Waals surface area contributed by atoms with E-state index in [1.165, 1.54) is 30.3 Å². The Labute approximate surface area is 363 Å². The number of nitrogens with zero attached hydrogens (tertiary/aromatic N) is 6. The molecule has 5 N–H and O–H groups in total. The fraction of sp³-hybridized carbons (Fsp3) is 0.0741. The van der Waals surface area contributed by atoms with Gasteiger partial charge in [0, 0.05) is 105 Å². The van der Waals surface area contributed by atoms with Crippen molar-refractivity contribution >= 4 is 176 Å². The van der Waals surface area contributed by atoms with E-state index in [2.05, 4.69) is 30.5 Å². The number of halogens is 1. The third kappa shape index (κ3) is 11.6. The van der Waals surface area contributed by atoms with Gasteiger partial charge in [0.05, 0.1) is 0 Å². The van der Waals surface area contributed by atoms with Crippen molar-refractivity contribution in [2.45, 2.75) is 16.7 Å². The van der Waals surface area contributed by atoms with E-state index in [9.17, 15) is 44.0 Å². The Morgan fingerprint density at radius 1 is 0.784 bits per heavy atom. The number of aromatic nitrogens is 3. The molecule has 0 unspecified atom stereocenters. The summed E-state index contributed by atoms with van der Waals surface area (Å²) in [5, 5.41) is 21.0. The molecule has 0 spiro atoms. The van der Waals surface area contributed by atoms with E-state index in [0.717, 1.165) is 17.0 Å². The standard InChI is InChI=1S/C27H22ClN7O10S3.3Na/c1-15-7-10-20(21(11-15)47(40,41)42)33-34-23-22(48(43,44)45)13-16-12-17(8-9-19(16)24(23)36)29-26-30-25(28)31-27(32-26)35(14-46(37,38)39)18-5-3-2-4-6-18;;;/h2-13,36H,14H2,1H3,(H,37,38,39)(H,40,41,42)(H,43,44,45)(H,29,30,31,32);;;. The van der Waals surface area contributed by atoms with Crippen LogP contribution < -0.4 is 10.2 Å². The molecule has 4 aromatic carbocycles. The second kappa shape index (κ2) is 18.0. The quantitative estimate of drug-likeness (QED) is 0.0753. The minimum absolute atomic E-state index is 0. The first kappa shape index (κ1) is 45.3. The fourth-order valence-electron chi connectivity index (χ4n) is 4.40. The number of azo groups is 1. The van der Waals surface area contributed by atoms with Gasteiger partial charge in [0.2, 0.25) is 17.2 Å². The van der Waals surface area contributed by atoms with Crippen molar-refractivity contribution in [1.82, 2.24) is 15.0 Å². The first-order valence-electron chi connectivity index (χ1n) is 13.1. The van der Waals surface area contributed by atoms with Gasteiger partial charge < -0.3 is 10.4 Å². The van der Waals surface area contributed by atoms with E-state index in [-0.39, 0.29) is 128 Å². The molecule has 0 aliphatic heterocycles. The Balaban J connectivity index is 0.00000300. The predicted molar refractivity (Wildman–Crippen MR) is 191 cm³/mol. The Bertz CT molecular complexity index is 2450. The van der Waals surface area contributed by atoms with E-state index >= 15 is 0 Å². The zero-order valence-electron chi connectivity index (χ0n) is 27.2. The van der Waals surface area contributed by atoms with Gasteiger partial charge in [-0.25, -0.2) is 0 Å². The molecule has 0 atom stereocenters. The molecule has 1 heterocycles. The summed E-state index contributed by atoms with van der Waals surface area (Å²) in [5.41, 5.74) is -0.140. The molecule has 0 saturated carbocycles. The summed E-state index contributed by atoms with van der Waals surface area (Å²) in [6.45, 7) is 1.56. The van der Waals surface area contributed by atoms with Crippen molar-refractivity contribution in [2.24, 2.45) is 10.2 Å². The van der Waals surface area contributed by atoms with E-state index in [1.807, 2.05) is 0 Å². The van der Waals surface area contributed by atoms with Crippen LogP contribution in [0.3, 0.4) is 0 Å². The number of fused-ring (bicyclic) bond motifs is 1. The van der Waals surface area contributed by atoms with Gasteiger partial charge in [0.25, 0.3) is 30.4 Å². The Morgan fingerprint density at radius 3 is 2.04 bits per heavy atom. The van der Waals surface area contributed by atoms with Crippen LogP contribution in [0.1, 0.15) is 5.56 Å². The summed E-state index contributed by atoms with van der Waals surface area (Å²) < 4.78 is 101. The van der Waals surface area contributed by atoms with Crippen LogP contribution in [0.5, 0.6) is 5.75 Å². The number of hydrogen-bond acceptors (Lipinski definition) is 14. The molecule has 0 aliphatic carbocycles. The van der Waals surface area contributed by atoms with Gasteiger partial charge >= 0.3 is 0 Å². The summed E-state index contributed by atoms with van der Waals surface area (Å²) >= 11 is 6.10. The molecule has 0 saturated heterocycles. The average molecular weight is 805 g/mol. The molecule has 1 aromatic heterocycles. The van der Waals surface area contributed by atoms with Crippen molar-refractivity contribution in [2.75, 3.05) is 16.1 Å². The van der Waals surface area contributed by atoms with Crippen LogP contribution in [-0.4, -0.2) is 154 Å². The molecule has 5 rings (SSSR count). The van der Waals surface area contributed by atoms with Gasteiger partial charge in [-0.1, -0.05) is 24.3 Å². The molecule has 51 heavy (non-hydrogen) atoms. The van der Waals surface area contributed by atoms with Crippen LogP contribution in [-0.2, 0) is 30.4 Å². The van der Waals surface area contributed by atoms with Crippen LogP contribution >= 0.6 is 11.6 Å². The second-order valence-corrected chi connectivity index (χ2v) is 14.5. The Hall–Kier alpha value is -1.83. The van der Waals surface area contributed by atoms with Crippen molar-refractivity contribution in [3.8, 4) is 5.75 Å². The van der Waals surface area contributed by atoms with Gasteiger partial charge in [-0.15, -0.1) is 10.2 Å². The topological polar surface area (TPSA) is 262 Å². The fourth-order valence-corrected chi connectivity index (χ4v) is 6.51. The van der Waals surface area contributed by atoms with E-state index in [0.29, 0.717) is 11.3 Å². The molecule has 253 valence electrons. The molecule has 3 radical (unpaired) electrons. The number of nitrogens with one attached hydrogen (secondary N) is 1. The maximum atomic E-state index is 12.3. The number of benzene rings is 4. The minimum Gasteiger partial charge on any atom is -0.505 e. The summed E-state index contributed by atoms with van der Waals surface area (Å²) in [6.07, 6.45) is 0. The van der Waals surface area contributed by atoms with Gasteiger partial charge in [-0.3, -0.25) is 18.6 Å². The number of para-hydroxylation sites is 1. The normalized spacial score (nSPS) is 11.7. The molecular weight excluding hydrogens is 783 g/mol. The summed E-state index contributed by atoms with van der Waals surface area (Å²) in [6, 6.07) is 16.8. The van der Waals surface area contributed by atoms with Crippen LogP contribution in [0.2, 0.25) is 5.28 Å². The predicted octanol–water partition coefficient (Wildman–Crippen LogP) is 4.19. The van der Waals surface area contributed by atoms with Crippen molar-refractivity contribution in [3.05, 3.63) is 83.6 Å². The van der Waals surface area contributed by atoms with Gasteiger partial charge in [-0.2, -0.15) is 40.2 Å². The number of phenols is 1. The SMILES string of the molecule is Cc1ccc(N=Nc2c(S(=O)(=O)O)cc3cc(Nc4nc(Cl)nc(N(CS(=O)(=O)O)c5ccccc5)n4)ccc3c2O)c(S(=O)(=O)O)c1.[Na].[Na].[Na]. The molecule has 5 aromatic rings. The van der Waals surface area contributed by atoms with Crippen LogP contribution in [0.25, 0.3) is 10.8 Å².